The zero-order valence-corrected chi connectivity index (χ0v) is 12.6. The highest BCUT2D eigenvalue weighted by Crippen LogP contribution is 2.21. The molecule has 5 heteroatoms. The Morgan fingerprint density at radius 2 is 2.29 bits per heavy atom. The van der Waals surface area contributed by atoms with Gasteiger partial charge < -0.3 is 15.3 Å². The zero-order chi connectivity index (χ0) is 15.4. The third-order valence-electron chi connectivity index (χ3n) is 3.80. The van der Waals surface area contributed by atoms with E-state index in [0.29, 0.717) is 25.0 Å². The van der Waals surface area contributed by atoms with E-state index < -0.39 is 5.82 Å². The number of phenolic OH excluding ortho intramolecular Hbond substituents is 1. The molecule has 2 rings (SSSR count). The van der Waals surface area contributed by atoms with Crippen molar-refractivity contribution in [2.45, 2.75) is 32.7 Å². The van der Waals surface area contributed by atoms with Crippen LogP contribution in [0.1, 0.15) is 37.0 Å². The number of hydrogen-bond donors (Lipinski definition) is 2. The highest BCUT2D eigenvalue weighted by atomic mass is 19.1. The van der Waals surface area contributed by atoms with Crippen LogP contribution in [0.4, 0.5) is 4.39 Å². The summed E-state index contributed by atoms with van der Waals surface area (Å²) in [5.74, 6) is -0.712. The van der Waals surface area contributed by atoms with Crippen LogP contribution in [0.15, 0.2) is 18.2 Å². The van der Waals surface area contributed by atoms with Crippen LogP contribution in [0.5, 0.6) is 5.75 Å². The maximum atomic E-state index is 13.8. The van der Waals surface area contributed by atoms with Crippen LogP contribution in [0.2, 0.25) is 0 Å². The lowest BCUT2D eigenvalue weighted by molar-refractivity contribution is 0.0667. The maximum absolute atomic E-state index is 13.8. The van der Waals surface area contributed by atoms with Crippen molar-refractivity contribution >= 4 is 5.91 Å². The Hall–Kier alpha value is -1.62. The van der Waals surface area contributed by atoms with Gasteiger partial charge in [0.25, 0.3) is 5.91 Å². The number of piperidine rings is 1. The summed E-state index contributed by atoms with van der Waals surface area (Å²) < 4.78 is 13.8. The summed E-state index contributed by atoms with van der Waals surface area (Å²) >= 11 is 0. The Kier molecular flexibility index (Phi) is 5.17. The molecule has 1 atom stereocenters. The van der Waals surface area contributed by atoms with Crippen molar-refractivity contribution in [2.24, 2.45) is 5.92 Å². The van der Waals surface area contributed by atoms with Gasteiger partial charge in [0.2, 0.25) is 0 Å². The number of nitrogens with zero attached hydrogens (tertiary/aromatic N) is 1. The summed E-state index contributed by atoms with van der Waals surface area (Å²) in [5, 5.41) is 12.6. The average molecular weight is 294 g/mol. The number of aromatic hydroxyl groups is 1. The summed E-state index contributed by atoms with van der Waals surface area (Å²) in [4.78, 5) is 14.1. The lowest BCUT2D eigenvalue weighted by atomic mass is 9.97. The molecule has 21 heavy (non-hydrogen) atoms. The Bertz CT molecular complexity index is 505. The molecule has 0 aromatic heterocycles. The molecule has 1 saturated heterocycles. The smallest absolute Gasteiger partial charge is 0.256 e. The van der Waals surface area contributed by atoms with Crippen LogP contribution >= 0.6 is 0 Å². The monoisotopic (exact) mass is 294 g/mol. The number of carbonyl (C=O) groups excluding carboxylic acids is 1. The molecular weight excluding hydrogens is 271 g/mol. The average Bonchev–Trinajstić information content (AvgIpc) is 2.45. The van der Waals surface area contributed by atoms with Gasteiger partial charge in [-0.1, -0.05) is 13.8 Å². The number of amides is 1. The number of nitrogens with one attached hydrogen (secondary N) is 1. The van der Waals surface area contributed by atoms with E-state index in [-0.39, 0.29) is 17.2 Å². The van der Waals surface area contributed by atoms with E-state index in [1.54, 1.807) is 4.90 Å². The number of rotatable bonds is 4. The Morgan fingerprint density at radius 3 is 2.95 bits per heavy atom. The van der Waals surface area contributed by atoms with Crippen LogP contribution < -0.4 is 5.32 Å². The second-order valence-corrected chi connectivity index (χ2v) is 5.99. The van der Waals surface area contributed by atoms with E-state index in [0.717, 1.165) is 25.5 Å². The summed E-state index contributed by atoms with van der Waals surface area (Å²) in [6.07, 6.45) is 2.03. The topological polar surface area (TPSA) is 52.6 Å². The molecule has 1 aliphatic rings. The Balaban J connectivity index is 2.01. The second kappa shape index (κ2) is 6.89. The molecule has 1 fully saturated rings. The third-order valence-corrected chi connectivity index (χ3v) is 3.80. The molecule has 0 radical (unpaired) electrons. The maximum Gasteiger partial charge on any atom is 0.256 e. The first-order valence-electron chi connectivity index (χ1n) is 7.48. The molecule has 116 valence electrons. The Labute approximate surface area is 125 Å². The lowest BCUT2D eigenvalue weighted by Gasteiger charge is -2.33. The number of benzene rings is 1. The van der Waals surface area contributed by atoms with Gasteiger partial charge in [-0.15, -0.1) is 0 Å². The van der Waals surface area contributed by atoms with E-state index in [1.807, 2.05) is 0 Å². The zero-order valence-electron chi connectivity index (χ0n) is 12.6. The highest BCUT2D eigenvalue weighted by Gasteiger charge is 2.26. The molecule has 0 bridgehead atoms. The van der Waals surface area contributed by atoms with Crippen LogP contribution in [0.25, 0.3) is 0 Å². The van der Waals surface area contributed by atoms with Gasteiger partial charge in [-0.2, -0.15) is 0 Å². The fourth-order valence-corrected chi connectivity index (χ4v) is 2.67. The minimum absolute atomic E-state index is 0.0327. The van der Waals surface area contributed by atoms with E-state index in [9.17, 15) is 14.3 Å². The lowest BCUT2D eigenvalue weighted by Crippen LogP contribution is -2.44. The first-order chi connectivity index (χ1) is 9.97. The van der Waals surface area contributed by atoms with Crippen molar-refractivity contribution in [1.82, 2.24) is 10.2 Å². The molecule has 1 aliphatic heterocycles. The van der Waals surface area contributed by atoms with Crippen molar-refractivity contribution in [3.63, 3.8) is 0 Å². The number of carbonyl (C=O) groups is 1. The van der Waals surface area contributed by atoms with Gasteiger partial charge >= 0.3 is 0 Å². The number of likely N-dealkylation sites (tertiary alicyclic amines) is 1. The number of hydrogen-bond acceptors (Lipinski definition) is 3. The molecule has 1 amide bonds. The van der Waals surface area contributed by atoms with E-state index in [4.69, 9.17) is 0 Å². The van der Waals surface area contributed by atoms with Gasteiger partial charge in [-0.3, -0.25) is 4.79 Å². The van der Waals surface area contributed by atoms with Gasteiger partial charge in [0, 0.05) is 25.2 Å². The van der Waals surface area contributed by atoms with Gasteiger partial charge in [0.1, 0.15) is 11.6 Å². The predicted molar refractivity (Wildman–Crippen MR) is 79.8 cm³/mol. The molecule has 1 aromatic carbocycles. The minimum Gasteiger partial charge on any atom is -0.508 e. The first kappa shape index (κ1) is 15.8. The molecule has 2 N–H and O–H groups in total. The molecule has 4 nitrogen and oxygen atoms in total. The molecule has 1 heterocycles. The molecular formula is C16H23FN2O2. The van der Waals surface area contributed by atoms with E-state index in [2.05, 4.69) is 19.2 Å². The van der Waals surface area contributed by atoms with Crippen molar-refractivity contribution in [2.75, 3.05) is 19.6 Å². The van der Waals surface area contributed by atoms with Gasteiger partial charge in [0.15, 0.2) is 0 Å². The standard InChI is InChI=1S/C16H23FN2O2/c1-11(2)18-9-12-4-3-7-19(10-12)16(21)14-6-5-13(20)8-15(14)17/h5-6,8,11-12,18,20H,3-4,7,9-10H2,1-2H3. The molecule has 0 aliphatic carbocycles. The van der Waals surface area contributed by atoms with Crippen molar-refractivity contribution in [3.8, 4) is 5.75 Å². The van der Waals surface area contributed by atoms with E-state index >= 15 is 0 Å². The quantitative estimate of drug-likeness (QED) is 0.896. The van der Waals surface area contributed by atoms with Crippen LogP contribution in [-0.4, -0.2) is 41.6 Å². The normalized spacial score (nSPS) is 19.0. The second-order valence-electron chi connectivity index (χ2n) is 5.99. The molecule has 1 unspecified atom stereocenters. The summed E-state index contributed by atoms with van der Waals surface area (Å²) in [7, 11) is 0. The van der Waals surface area contributed by atoms with Crippen LogP contribution in [-0.2, 0) is 0 Å². The summed E-state index contributed by atoms with van der Waals surface area (Å²) in [5.41, 5.74) is 0.0327. The highest BCUT2D eigenvalue weighted by molar-refractivity contribution is 5.94. The van der Waals surface area contributed by atoms with Crippen molar-refractivity contribution in [3.05, 3.63) is 29.6 Å². The molecule has 0 saturated carbocycles. The van der Waals surface area contributed by atoms with Gasteiger partial charge in [0.05, 0.1) is 5.56 Å². The molecule has 0 spiro atoms. The first-order valence-corrected chi connectivity index (χ1v) is 7.48. The summed E-state index contributed by atoms with van der Waals surface area (Å²) in [6.45, 7) is 6.38. The van der Waals surface area contributed by atoms with Gasteiger partial charge in [-0.05, 0) is 37.4 Å². The third kappa shape index (κ3) is 4.17. The number of halogens is 1. The predicted octanol–water partition coefficient (Wildman–Crippen LogP) is 2.38. The van der Waals surface area contributed by atoms with Crippen molar-refractivity contribution in [1.29, 1.82) is 0 Å². The fourth-order valence-electron chi connectivity index (χ4n) is 2.67. The van der Waals surface area contributed by atoms with E-state index in [1.165, 1.54) is 12.1 Å². The Morgan fingerprint density at radius 1 is 1.52 bits per heavy atom. The largest absolute Gasteiger partial charge is 0.508 e. The van der Waals surface area contributed by atoms with Crippen LogP contribution in [0.3, 0.4) is 0 Å². The SMILES string of the molecule is CC(C)NCC1CCCN(C(=O)c2ccc(O)cc2F)C1. The van der Waals surface area contributed by atoms with Crippen molar-refractivity contribution < 1.29 is 14.3 Å². The minimum atomic E-state index is -0.664. The van der Waals surface area contributed by atoms with Gasteiger partial charge in [-0.25, -0.2) is 4.39 Å². The fraction of sp³-hybridized carbons (Fsp3) is 0.562. The summed E-state index contributed by atoms with van der Waals surface area (Å²) in [6, 6.07) is 4.10. The molecule has 1 aromatic rings. The van der Waals surface area contributed by atoms with Crippen LogP contribution in [0, 0.1) is 11.7 Å². The number of phenols is 1.